The predicted octanol–water partition coefficient (Wildman–Crippen LogP) is 5.24. The third-order valence-corrected chi connectivity index (χ3v) is 4.50. The van der Waals surface area contributed by atoms with Gasteiger partial charge in [-0.2, -0.15) is 0 Å². The van der Waals surface area contributed by atoms with E-state index in [4.69, 9.17) is 11.6 Å². The fourth-order valence-electron chi connectivity index (χ4n) is 1.91. The maximum absolute atomic E-state index is 6.37. The van der Waals surface area contributed by atoms with Crippen LogP contribution in [0.15, 0.2) is 58.3 Å². The van der Waals surface area contributed by atoms with Gasteiger partial charge in [0.15, 0.2) is 0 Å². The van der Waals surface area contributed by atoms with E-state index in [-0.39, 0.29) is 0 Å². The molecule has 3 heteroatoms. The van der Waals surface area contributed by atoms with E-state index in [0.29, 0.717) is 5.92 Å². The molecule has 0 unspecified atom stereocenters. The second kappa shape index (κ2) is 7.72. The standard InChI is InChI=1S/C17H20ClNS/c1-13(2)11-19-12-14-7-6-10-16(18)17(14)20-15-8-4-3-5-9-15/h3-10,13,19H,11-12H2,1-2H3. The molecule has 0 heterocycles. The highest BCUT2D eigenvalue weighted by atomic mass is 35.5. The molecule has 2 aromatic carbocycles. The van der Waals surface area contributed by atoms with Crippen LogP contribution in [-0.4, -0.2) is 6.54 Å². The highest BCUT2D eigenvalue weighted by Crippen LogP contribution is 2.35. The normalized spacial score (nSPS) is 11.0. The molecule has 0 fully saturated rings. The molecule has 0 aromatic heterocycles. The first-order chi connectivity index (χ1) is 9.66. The van der Waals surface area contributed by atoms with Gasteiger partial charge in [-0.25, -0.2) is 0 Å². The third-order valence-electron chi connectivity index (χ3n) is 2.88. The molecule has 0 saturated heterocycles. The molecule has 106 valence electrons. The molecule has 0 aliphatic carbocycles. The minimum atomic E-state index is 0.652. The van der Waals surface area contributed by atoms with Crippen LogP contribution >= 0.6 is 23.4 Å². The van der Waals surface area contributed by atoms with Gasteiger partial charge in [0.25, 0.3) is 0 Å². The first-order valence-electron chi connectivity index (χ1n) is 6.88. The second-order valence-corrected chi connectivity index (χ2v) is 6.66. The molecule has 1 N–H and O–H groups in total. The van der Waals surface area contributed by atoms with Crippen molar-refractivity contribution in [3.8, 4) is 0 Å². The van der Waals surface area contributed by atoms with Crippen molar-refractivity contribution in [1.29, 1.82) is 0 Å². The van der Waals surface area contributed by atoms with Gasteiger partial charge in [-0.3, -0.25) is 0 Å². The van der Waals surface area contributed by atoms with Crippen LogP contribution in [0.2, 0.25) is 5.02 Å². The van der Waals surface area contributed by atoms with Gasteiger partial charge in [-0.1, -0.05) is 67.5 Å². The van der Waals surface area contributed by atoms with E-state index < -0.39 is 0 Å². The van der Waals surface area contributed by atoms with Crippen LogP contribution in [0.3, 0.4) is 0 Å². The van der Waals surface area contributed by atoms with Crippen LogP contribution in [-0.2, 0) is 6.54 Å². The van der Waals surface area contributed by atoms with Crippen LogP contribution in [0.4, 0.5) is 0 Å². The molecular weight excluding hydrogens is 286 g/mol. The van der Waals surface area contributed by atoms with Crippen molar-refractivity contribution >= 4 is 23.4 Å². The van der Waals surface area contributed by atoms with Crippen molar-refractivity contribution in [1.82, 2.24) is 5.32 Å². The van der Waals surface area contributed by atoms with Crippen molar-refractivity contribution in [2.24, 2.45) is 5.92 Å². The fourth-order valence-corrected chi connectivity index (χ4v) is 3.18. The molecule has 2 rings (SSSR count). The van der Waals surface area contributed by atoms with Gasteiger partial charge in [-0.05, 0) is 36.2 Å². The monoisotopic (exact) mass is 305 g/mol. The summed E-state index contributed by atoms with van der Waals surface area (Å²) in [6.07, 6.45) is 0. The quantitative estimate of drug-likeness (QED) is 0.783. The molecule has 2 aromatic rings. The average molecular weight is 306 g/mol. The number of hydrogen-bond donors (Lipinski definition) is 1. The van der Waals surface area contributed by atoms with Crippen LogP contribution in [0.5, 0.6) is 0 Å². The van der Waals surface area contributed by atoms with Crippen molar-refractivity contribution < 1.29 is 0 Å². The lowest BCUT2D eigenvalue weighted by Crippen LogP contribution is -2.19. The van der Waals surface area contributed by atoms with E-state index in [1.165, 1.54) is 10.5 Å². The van der Waals surface area contributed by atoms with Crippen molar-refractivity contribution in [2.45, 2.75) is 30.2 Å². The third kappa shape index (κ3) is 4.55. The lowest BCUT2D eigenvalue weighted by atomic mass is 10.2. The maximum Gasteiger partial charge on any atom is 0.0548 e. The summed E-state index contributed by atoms with van der Waals surface area (Å²) in [5.41, 5.74) is 1.26. The summed E-state index contributed by atoms with van der Waals surface area (Å²) < 4.78 is 0. The molecule has 0 aliphatic rings. The topological polar surface area (TPSA) is 12.0 Å². The van der Waals surface area contributed by atoms with E-state index >= 15 is 0 Å². The molecule has 0 bridgehead atoms. The molecule has 1 nitrogen and oxygen atoms in total. The number of rotatable bonds is 6. The Morgan fingerprint density at radius 2 is 1.80 bits per heavy atom. The first-order valence-corrected chi connectivity index (χ1v) is 8.07. The van der Waals surface area contributed by atoms with Gasteiger partial charge in [0.2, 0.25) is 0 Å². The SMILES string of the molecule is CC(C)CNCc1cccc(Cl)c1Sc1ccccc1. The van der Waals surface area contributed by atoms with Crippen molar-refractivity contribution in [3.05, 3.63) is 59.1 Å². The summed E-state index contributed by atoms with van der Waals surface area (Å²) in [6.45, 7) is 6.30. The van der Waals surface area contributed by atoms with Gasteiger partial charge in [0.05, 0.1) is 5.02 Å². The number of hydrogen-bond acceptors (Lipinski definition) is 2. The zero-order valence-corrected chi connectivity index (χ0v) is 13.5. The van der Waals surface area contributed by atoms with E-state index in [1.807, 2.05) is 18.2 Å². The van der Waals surface area contributed by atoms with Crippen LogP contribution in [0, 0.1) is 5.92 Å². The molecule has 0 amide bonds. The molecule has 0 aliphatic heterocycles. The number of halogens is 1. The lowest BCUT2D eigenvalue weighted by Gasteiger charge is -2.13. The Balaban J connectivity index is 2.14. The highest BCUT2D eigenvalue weighted by molar-refractivity contribution is 7.99. The molecule has 0 spiro atoms. The van der Waals surface area contributed by atoms with Gasteiger partial charge in [0, 0.05) is 16.3 Å². The first kappa shape index (κ1) is 15.4. The van der Waals surface area contributed by atoms with Crippen molar-refractivity contribution in [3.63, 3.8) is 0 Å². The summed E-state index contributed by atoms with van der Waals surface area (Å²) in [4.78, 5) is 2.36. The Bertz CT molecular complexity index is 540. The summed E-state index contributed by atoms with van der Waals surface area (Å²) in [6, 6.07) is 16.5. The Labute approximate surface area is 130 Å². The summed E-state index contributed by atoms with van der Waals surface area (Å²) in [5.74, 6) is 0.652. The summed E-state index contributed by atoms with van der Waals surface area (Å²) in [5, 5.41) is 4.30. The molecule has 20 heavy (non-hydrogen) atoms. The molecule has 0 radical (unpaired) electrons. The number of benzene rings is 2. The zero-order valence-electron chi connectivity index (χ0n) is 11.9. The van der Waals surface area contributed by atoms with Crippen molar-refractivity contribution in [2.75, 3.05) is 6.54 Å². The van der Waals surface area contributed by atoms with E-state index in [0.717, 1.165) is 23.0 Å². The fraction of sp³-hybridized carbons (Fsp3) is 0.294. The Morgan fingerprint density at radius 3 is 2.50 bits per heavy atom. The summed E-state index contributed by atoms with van der Waals surface area (Å²) >= 11 is 8.10. The summed E-state index contributed by atoms with van der Waals surface area (Å²) in [7, 11) is 0. The predicted molar refractivity (Wildman–Crippen MR) is 88.6 cm³/mol. The highest BCUT2D eigenvalue weighted by Gasteiger charge is 2.08. The Kier molecular flexibility index (Phi) is 5.96. The molecule has 0 saturated carbocycles. The smallest absolute Gasteiger partial charge is 0.0548 e. The minimum absolute atomic E-state index is 0.652. The van der Waals surface area contributed by atoms with Crippen LogP contribution < -0.4 is 5.32 Å². The average Bonchev–Trinajstić information content (AvgIpc) is 2.43. The second-order valence-electron chi connectivity index (χ2n) is 5.17. The van der Waals surface area contributed by atoms with E-state index in [2.05, 4.69) is 49.5 Å². The Hall–Kier alpha value is -0.960. The van der Waals surface area contributed by atoms with Gasteiger partial charge in [-0.15, -0.1) is 0 Å². The van der Waals surface area contributed by atoms with E-state index in [1.54, 1.807) is 11.8 Å². The minimum Gasteiger partial charge on any atom is -0.312 e. The molecule has 0 atom stereocenters. The van der Waals surface area contributed by atoms with Gasteiger partial charge < -0.3 is 5.32 Å². The number of nitrogens with one attached hydrogen (secondary N) is 1. The van der Waals surface area contributed by atoms with Crippen LogP contribution in [0.25, 0.3) is 0 Å². The zero-order chi connectivity index (χ0) is 14.4. The van der Waals surface area contributed by atoms with E-state index in [9.17, 15) is 0 Å². The Morgan fingerprint density at radius 1 is 1.05 bits per heavy atom. The molecular formula is C17H20ClNS. The van der Waals surface area contributed by atoms with Crippen LogP contribution in [0.1, 0.15) is 19.4 Å². The maximum atomic E-state index is 6.37. The lowest BCUT2D eigenvalue weighted by molar-refractivity contribution is 0.550. The van der Waals surface area contributed by atoms with Gasteiger partial charge >= 0.3 is 0 Å². The van der Waals surface area contributed by atoms with Gasteiger partial charge in [0.1, 0.15) is 0 Å². The largest absolute Gasteiger partial charge is 0.312 e.